The highest BCUT2D eigenvalue weighted by Crippen LogP contribution is 2.38. The van der Waals surface area contributed by atoms with E-state index in [1.807, 2.05) is 24.3 Å². The van der Waals surface area contributed by atoms with Gasteiger partial charge >= 0.3 is 0 Å². The molecule has 29 heavy (non-hydrogen) atoms. The van der Waals surface area contributed by atoms with Crippen molar-refractivity contribution >= 4 is 29.1 Å². The van der Waals surface area contributed by atoms with Crippen molar-refractivity contribution in [3.63, 3.8) is 0 Å². The van der Waals surface area contributed by atoms with Crippen LogP contribution in [0.5, 0.6) is 0 Å². The summed E-state index contributed by atoms with van der Waals surface area (Å²) >= 11 is 0. The minimum Gasteiger partial charge on any atom is -0.369 e. The average molecular weight is 399 g/mol. The second kappa shape index (κ2) is 8.53. The van der Waals surface area contributed by atoms with Crippen LogP contribution in [0, 0.1) is 11.8 Å². The number of nitrogens with one attached hydrogen (secondary N) is 1. The molecule has 1 saturated carbocycles. The number of likely N-dealkylation sites (tertiary alicyclic amines) is 1. The van der Waals surface area contributed by atoms with E-state index in [2.05, 4.69) is 22.2 Å². The van der Waals surface area contributed by atoms with Crippen LogP contribution < -0.4 is 10.2 Å². The van der Waals surface area contributed by atoms with Crippen LogP contribution in [0.1, 0.15) is 32.1 Å². The zero-order valence-corrected chi connectivity index (χ0v) is 17.1. The van der Waals surface area contributed by atoms with E-state index >= 15 is 0 Å². The molecule has 0 aromatic heterocycles. The molecule has 4 rings (SSSR count). The number of benzene rings is 1. The lowest BCUT2D eigenvalue weighted by atomic mass is 9.81. The first-order valence-corrected chi connectivity index (χ1v) is 10.7. The molecule has 0 spiro atoms. The molecule has 1 aromatic rings. The van der Waals surface area contributed by atoms with Crippen molar-refractivity contribution in [3.8, 4) is 0 Å². The predicted octanol–water partition coefficient (Wildman–Crippen LogP) is 1.94. The maximum Gasteiger partial charge on any atom is 0.233 e. The summed E-state index contributed by atoms with van der Waals surface area (Å²) in [6, 6.07) is 7.87. The van der Waals surface area contributed by atoms with Crippen molar-refractivity contribution in [2.75, 3.05) is 50.0 Å². The van der Waals surface area contributed by atoms with Gasteiger partial charge in [0.2, 0.25) is 17.7 Å². The van der Waals surface area contributed by atoms with Crippen LogP contribution in [0.4, 0.5) is 11.4 Å². The first-order valence-electron chi connectivity index (χ1n) is 10.7. The normalized spacial score (nSPS) is 25.3. The number of likely N-dealkylation sites (N-methyl/N-ethyl adjacent to an activating group) is 1. The van der Waals surface area contributed by atoms with Gasteiger partial charge in [0.25, 0.3) is 0 Å². The molecule has 3 fully saturated rings. The second-order valence-corrected chi connectivity index (χ2v) is 8.46. The van der Waals surface area contributed by atoms with Crippen LogP contribution >= 0.6 is 0 Å². The van der Waals surface area contributed by atoms with E-state index < -0.39 is 0 Å². The lowest BCUT2D eigenvalue weighted by molar-refractivity contribution is -0.140. The van der Waals surface area contributed by atoms with Crippen LogP contribution in [0.25, 0.3) is 0 Å². The van der Waals surface area contributed by atoms with Crippen LogP contribution in [-0.2, 0) is 14.4 Å². The van der Waals surface area contributed by atoms with Crippen LogP contribution in [0.3, 0.4) is 0 Å². The van der Waals surface area contributed by atoms with Crippen molar-refractivity contribution in [3.05, 3.63) is 24.3 Å². The second-order valence-electron chi connectivity index (χ2n) is 8.46. The van der Waals surface area contributed by atoms with Crippen LogP contribution in [0.15, 0.2) is 24.3 Å². The van der Waals surface area contributed by atoms with E-state index in [1.54, 1.807) is 0 Å². The third-order valence-corrected chi connectivity index (χ3v) is 6.51. The Labute approximate surface area is 172 Å². The molecule has 3 aliphatic rings. The summed E-state index contributed by atoms with van der Waals surface area (Å²) in [6.45, 7) is 4.28. The molecule has 2 unspecified atom stereocenters. The third kappa shape index (κ3) is 4.29. The maximum atomic E-state index is 12.5. The number of hydrogen-bond donors (Lipinski definition) is 1. The van der Waals surface area contributed by atoms with Crippen molar-refractivity contribution in [1.29, 1.82) is 0 Å². The summed E-state index contributed by atoms with van der Waals surface area (Å²) in [5.41, 5.74) is 1.90. The molecule has 2 atom stereocenters. The Morgan fingerprint density at radius 3 is 2.14 bits per heavy atom. The molecule has 7 heteroatoms. The number of carbonyl (C=O) groups is 3. The molecule has 156 valence electrons. The Morgan fingerprint density at radius 2 is 1.55 bits per heavy atom. The van der Waals surface area contributed by atoms with E-state index in [-0.39, 0.29) is 42.5 Å². The average Bonchev–Trinajstić information content (AvgIpc) is 2.98. The first-order chi connectivity index (χ1) is 14.0. The summed E-state index contributed by atoms with van der Waals surface area (Å²) in [4.78, 5) is 43.3. The van der Waals surface area contributed by atoms with Crippen molar-refractivity contribution in [2.24, 2.45) is 11.8 Å². The van der Waals surface area contributed by atoms with Crippen molar-refractivity contribution in [2.45, 2.75) is 32.1 Å². The van der Waals surface area contributed by atoms with E-state index in [4.69, 9.17) is 0 Å². The Hall–Kier alpha value is -2.41. The fourth-order valence-corrected chi connectivity index (χ4v) is 4.71. The van der Waals surface area contributed by atoms with Crippen LogP contribution in [-0.4, -0.2) is 67.3 Å². The van der Waals surface area contributed by atoms with Gasteiger partial charge < -0.3 is 15.1 Å². The van der Waals surface area contributed by atoms with E-state index in [0.29, 0.717) is 0 Å². The summed E-state index contributed by atoms with van der Waals surface area (Å²) in [6.07, 6.45) is 3.77. The quantitative estimate of drug-likeness (QED) is 0.768. The molecule has 1 aromatic carbocycles. The molecule has 2 heterocycles. The zero-order valence-electron chi connectivity index (χ0n) is 17.1. The predicted molar refractivity (Wildman–Crippen MR) is 112 cm³/mol. The minimum absolute atomic E-state index is 0.0796. The zero-order chi connectivity index (χ0) is 20.4. The SMILES string of the molecule is CN1CCN(c2ccc(NC(=O)CCN3C(=O)C4CCCCC4C3=O)cc2)CC1. The smallest absolute Gasteiger partial charge is 0.233 e. The highest BCUT2D eigenvalue weighted by atomic mass is 16.2. The molecule has 2 saturated heterocycles. The molecule has 2 aliphatic heterocycles. The van der Waals surface area contributed by atoms with Gasteiger partial charge in [0, 0.05) is 50.5 Å². The highest BCUT2D eigenvalue weighted by Gasteiger charge is 2.47. The van der Waals surface area contributed by atoms with Gasteiger partial charge in [0.15, 0.2) is 0 Å². The van der Waals surface area contributed by atoms with Crippen molar-refractivity contribution < 1.29 is 14.4 Å². The number of imide groups is 1. The Kier molecular flexibility index (Phi) is 5.85. The molecular formula is C22H30N4O3. The van der Waals surface area contributed by atoms with Crippen molar-refractivity contribution in [1.82, 2.24) is 9.80 Å². The van der Waals surface area contributed by atoms with Gasteiger partial charge in [-0.3, -0.25) is 19.3 Å². The van der Waals surface area contributed by atoms with Crippen LogP contribution in [0.2, 0.25) is 0 Å². The molecule has 0 bridgehead atoms. The lowest BCUT2D eigenvalue weighted by Crippen LogP contribution is -2.44. The third-order valence-electron chi connectivity index (χ3n) is 6.51. The summed E-state index contributed by atoms with van der Waals surface area (Å²) < 4.78 is 0. The summed E-state index contributed by atoms with van der Waals surface area (Å²) in [5, 5.41) is 2.88. The molecular weight excluding hydrogens is 368 g/mol. The van der Waals surface area contributed by atoms with E-state index in [1.165, 1.54) is 4.90 Å². The van der Waals surface area contributed by atoms with Gasteiger partial charge in [-0.1, -0.05) is 12.8 Å². The number of hydrogen-bond acceptors (Lipinski definition) is 5. The number of piperazine rings is 1. The Morgan fingerprint density at radius 1 is 0.966 bits per heavy atom. The molecule has 1 N–H and O–H groups in total. The van der Waals surface area contributed by atoms with Gasteiger partial charge in [0.1, 0.15) is 0 Å². The Bertz CT molecular complexity index is 747. The number of anilines is 2. The number of fused-ring (bicyclic) bond motifs is 1. The monoisotopic (exact) mass is 398 g/mol. The number of rotatable bonds is 5. The minimum atomic E-state index is -0.173. The maximum absolute atomic E-state index is 12.5. The van der Waals surface area contributed by atoms with E-state index in [9.17, 15) is 14.4 Å². The fourth-order valence-electron chi connectivity index (χ4n) is 4.71. The standard InChI is InChI=1S/C22H30N4O3/c1-24-12-14-25(15-13-24)17-8-6-16(7-9-17)23-20(27)10-11-26-21(28)18-4-2-3-5-19(18)22(26)29/h6-9,18-19H,2-5,10-15H2,1H3,(H,23,27). The van der Waals surface area contributed by atoms with Gasteiger partial charge in [-0.05, 0) is 44.2 Å². The number of nitrogens with zero attached hydrogens (tertiary/aromatic N) is 3. The summed E-state index contributed by atoms with van der Waals surface area (Å²) in [7, 11) is 2.13. The number of amides is 3. The topological polar surface area (TPSA) is 73.0 Å². The summed E-state index contributed by atoms with van der Waals surface area (Å²) in [5.74, 6) is -0.635. The molecule has 3 amide bonds. The van der Waals surface area contributed by atoms with Gasteiger partial charge in [-0.2, -0.15) is 0 Å². The first kappa shape index (κ1) is 19.9. The van der Waals surface area contributed by atoms with Gasteiger partial charge in [-0.15, -0.1) is 0 Å². The van der Waals surface area contributed by atoms with Gasteiger partial charge in [-0.25, -0.2) is 0 Å². The lowest BCUT2D eigenvalue weighted by Gasteiger charge is -2.34. The molecule has 7 nitrogen and oxygen atoms in total. The fraction of sp³-hybridized carbons (Fsp3) is 0.591. The van der Waals surface area contributed by atoms with E-state index in [0.717, 1.165) is 63.2 Å². The largest absolute Gasteiger partial charge is 0.369 e. The molecule has 0 radical (unpaired) electrons. The highest BCUT2D eigenvalue weighted by molar-refractivity contribution is 6.05. The Balaban J connectivity index is 1.27. The van der Waals surface area contributed by atoms with Gasteiger partial charge in [0.05, 0.1) is 11.8 Å². The molecule has 1 aliphatic carbocycles. The number of carbonyl (C=O) groups excluding carboxylic acids is 3.